The number of fused-ring (bicyclic) bond motifs is 5. The van der Waals surface area contributed by atoms with Crippen molar-refractivity contribution < 1.29 is 8.42 Å². The summed E-state index contributed by atoms with van der Waals surface area (Å²) in [4.78, 5) is 2.25. The molecule has 1 saturated heterocycles. The molecular formula is C18H29N5O2S. The first-order valence-electron chi connectivity index (χ1n) is 10.0. The molecule has 2 heterocycles. The van der Waals surface area contributed by atoms with Crippen molar-refractivity contribution in [1.29, 1.82) is 0 Å². The zero-order chi connectivity index (χ0) is 18.1. The molecule has 0 aromatic carbocycles. The fraction of sp³-hybridized carbons (Fsp3) is 0.944. The molecule has 5 atom stereocenters. The molecule has 3 saturated carbocycles. The minimum Gasteiger partial charge on any atom is -0.340 e. The first kappa shape index (κ1) is 17.0. The Hall–Kier alpha value is -1.18. The second kappa shape index (κ2) is 5.66. The van der Waals surface area contributed by atoms with Gasteiger partial charge < -0.3 is 4.90 Å². The Balaban J connectivity index is 1.24. The Kier molecular flexibility index (Phi) is 3.69. The molecule has 0 amide bonds. The number of sulfone groups is 1. The average molecular weight is 380 g/mol. The van der Waals surface area contributed by atoms with E-state index in [0.717, 1.165) is 68.0 Å². The SMILES string of the molecule is CC1(CS(C)(=O)=O)CCN(c2nnnn2CC2CC3CC2C2CC32)CC1. The van der Waals surface area contributed by atoms with Gasteiger partial charge in [-0.15, -0.1) is 0 Å². The maximum Gasteiger partial charge on any atom is 0.245 e. The summed E-state index contributed by atoms with van der Waals surface area (Å²) >= 11 is 0. The molecule has 1 aromatic rings. The lowest BCUT2D eigenvalue weighted by molar-refractivity contribution is 0.262. The fourth-order valence-corrected chi connectivity index (χ4v) is 7.90. The third-order valence-electron chi connectivity index (χ3n) is 7.62. The van der Waals surface area contributed by atoms with Gasteiger partial charge in [-0.25, -0.2) is 13.1 Å². The van der Waals surface area contributed by atoms with Crippen LogP contribution in [0, 0.1) is 35.0 Å². The lowest BCUT2D eigenvalue weighted by Gasteiger charge is -2.39. The van der Waals surface area contributed by atoms with Crippen molar-refractivity contribution in [3.05, 3.63) is 0 Å². The second-order valence-electron chi connectivity index (χ2n) is 9.75. The molecule has 8 heteroatoms. The summed E-state index contributed by atoms with van der Waals surface area (Å²) < 4.78 is 25.4. The van der Waals surface area contributed by atoms with Gasteiger partial charge in [-0.2, -0.15) is 0 Å². The van der Waals surface area contributed by atoms with Crippen molar-refractivity contribution >= 4 is 15.8 Å². The third-order valence-corrected chi connectivity index (χ3v) is 8.84. The second-order valence-corrected chi connectivity index (χ2v) is 11.9. The van der Waals surface area contributed by atoms with Crippen molar-refractivity contribution in [2.24, 2.45) is 35.0 Å². The van der Waals surface area contributed by atoms with Crippen LogP contribution in [0.1, 0.15) is 39.0 Å². The minimum absolute atomic E-state index is 0.131. The van der Waals surface area contributed by atoms with Crippen molar-refractivity contribution in [3.63, 3.8) is 0 Å². The molecule has 4 fully saturated rings. The summed E-state index contributed by atoms with van der Waals surface area (Å²) in [7, 11) is -2.95. The number of nitrogens with zero attached hydrogens (tertiary/aromatic N) is 5. The Labute approximate surface area is 155 Å². The summed E-state index contributed by atoms with van der Waals surface area (Å²) in [6.45, 7) is 4.70. The highest BCUT2D eigenvalue weighted by atomic mass is 32.2. The van der Waals surface area contributed by atoms with Crippen molar-refractivity contribution in [1.82, 2.24) is 20.2 Å². The van der Waals surface area contributed by atoms with E-state index in [4.69, 9.17) is 0 Å². The average Bonchev–Trinajstić information content (AvgIpc) is 2.91. The molecule has 5 unspecified atom stereocenters. The van der Waals surface area contributed by atoms with Gasteiger partial charge in [-0.05, 0) is 77.5 Å². The molecular weight excluding hydrogens is 350 g/mol. The van der Waals surface area contributed by atoms with Gasteiger partial charge in [0.1, 0.15) is 9.84 Å². The van der Waals surface area contributed by atoms with E-state index in [1.165, 1.54) is 25.5 Å². The Bertz CT molecular complexity index is 798. The molecule has 1 aromatic heterocycles. The highest BCUT2D eigenvalue weighted by molar-refractivity contribution is 7.90. The molecule has 4 aliphatic rings. The highest BCUT2D eigenvalue weighted by Crippen LogP contribution is 2.67. The first-order valence-corrected chi connectivity index (χ1v) is 12.1. The van der Waals surface area contributed by atoms with Crippen molar-refractivity contribution in [3.8, 4) is 0 Å². The van der Waals surface area contributed by atoms with Crippen LogP contribution >= 0.6 is 0 Å². The summed E-state index contributed by atoms with van der Waals surface area (Å²) in [6, 6.07) is 0. The minimum atomic E-state index is -2.95. The van der Waals surface area contributed by atoms with E-state index in [1.807, 2.05) is 4.68 Å². The quantitative estimate of drug-likeness (QED) is 0.773. The van der Waals surface area contributed by atoms with Gasteiger partial charge in [0.2, 0.25) is 5.95 Å². The van der Waals surface area contributed by atoms with Crippen LogP contribution in [0.25, 0.3) is 0 Å². The summed E-state index contributed by atoms with van der Waals surface area (Å²) in [5.41, 5.74) is -0.131. The standard InChI is InChI=1S/C18H29N5O2S/c1-18(11-26(2,24)25)3-5-22(6-4-18)17-19-20-21-23(17)10-13-7-12-8-14(13)16-9-15(12)16/h12-16H,3-11H2,1-2H3. The predicted molar refractivity (Wildman–Crippen MR) is 98.4 cm³/mol. The molecule has 144 valence electrons. The topological polar surface area (TPSA) is 81.0 Å². The number of anilines is 1. The third kappa shape index (κ3) is 2.94. The van der Waals surface area contributed by atoms with Crippen LogP contribution in [0.3, 0.4) is 0 Å². The molecule has 3 aliphatic carbocycles. The number of hydrogen-bond acceptors (Lipinski definition) is 6. The molecule has 0 radical (unpaired) electrons. The molecule has 2 bridgehead atoms. The summed E-state index contributed by atoms with van der Waals surface area (Å²) in [5, 5.41) is 12.5. The Morgan fingerprint density at radius 3 is 2.54 bits per heavy atom. The monoisotopic (exact) mass is 379 g/mol. The number of hydrogen-bond donors (Lipinski definition) is 0. The lowest BCUT2D eigenvalue weighted by atomic mass is 9.82. The molecule has 5 rings (SSSR count). The van der Waals surface area contributed by atoms with E-state index in [2.05, 4.69) is 27.3 Å². The van der Waals surface area contributed by atoms with Crippen LogP contribution < -0.4 is 4.90 Å². The molecule has 0 spiro atoms. The van der Waals surface area contributed by atoms with E-state index in [9.17, 15) is 8.42 Å². The van der Waals surface area contributed by atoms with E-state index in [-0.39, 0.29) is 11.2 Å². The van der Waals surface area contributed by atoms with Crippen LogP contribution in [0.4, 0.5) is 5.95 Å². The van der Waals surface area contributed by atoms with Crippen LogP contribution in [-0.4, -0.2) is 53.7 Å². The van der Waals surface area contributed by atoms with Crippen LogP contribution in [0.2, 0.25) is 0 Å². The Morgan fingerprint density at radius 1 is 1.12 bits per heavy atom. The number of tetrazole rings is 1. The van der Waals surface area contributed by atoms with Gasteiger partial charge in [0, 0.05) is 25.9 Å². The van der Waals surface area contributed by atoms with E-state index < -0.39 is 9.84 Å². The maximum absolute atomic E-state index is 11.7. The summed E-state index contributed by atoms with van der Waals surface area (Å²) in [5.74, 6) is 5.83. The molecule has 0 N–H and O–H groups in total. The number of aromatic nitrogens is 4. The van der Waals surface area contributed by atoms with Gasteiger partial charge in [-0.3, -0.25) is 0 Å². The maximum atomic E-state index is 11.7. The summed E-state index contributed by atoms with van der Waals surface area (Å²) in [6.07, 6.45) is 7.34. The molecule has 7 nitrogen and oxygen atoms in total. The van der Waals surface area contributed by atoms with E-state index in [1.54, 1.807) is 0 Å². The zero-order valence-corrected chi connectivity index (χ0v) is 16.5. The lowest BCUT2D eigenvalue weighted by Crippen LogP contribution is -2.43. The van der Waals surface area contributed by atoms with Gasteiger partial charge in [-0.1, -0.05) is 12.0 Å². The normalized spacial score (nSPS) is 37.8. The van der Waals surface area contributed by atoms with Crippen molar-refractivity contribution in [2.45, 2.75) is 45.6 Å². The number of piperidine rings is 1. The smallest absolute Gasteiger partial charge is 0.245 e. The Morgan fingerprint density at radius 2 is 1.88 bits per heavy atom. The first-order chi connectivity index (χ1) is 12.3. The van der Waals surface area contributed by atoms with Crippen LogP contribution in [-0.2, 0) is 16.4 Å². The highest BCUT2D eigenvalue weighted by Gasteiger charge is 2.60. The zero-order valence-electron chi connectivity index (χ0n) is 15.7. The molecule has 26 heavy (non-hydrogen) atoms. The van der Waals surface area contributed by atoms with Gasteiger partial charge in [0.15, 0.2) is 0 Å². The number of rotatable bonds is 5. The van der Waals surface area contributed by atoms with Gasteiger partial charge >= 0.3 is 0 Å². The molecule has 1 aliphatic heterocycles. The van der Waals surface area contributed by atoms with E-state index >= 15 is 0 Å². The van der Waals surface area contributed by atoms with Crippen LogP contribution in [0.15, 0.2) is 0 Å². The van der Waals surface area contributed by atoms with Gasteiger partial charge in [0.25, 0.3) is 0 Å². The van der Waals surface area contributed by atoms with Crippen molar-refractivity contribution in [2.75, 3.05) is 30.0 Å². The van der Waals surface area contributed by atoms with E-state index in [0.29, 0.717) is 0 Å². The van der Waals surface area contributed by atoms with Gasteiger partial charge in [0.05, 0.1) is 5.75 Å². The fourth-order valence-electron chi connectivity index (χ4n) is 6.35. The predicted octanol–water partition coefficient (Wildman–Crippen LogP) is 1.62. The van der Waals surface area contributed by atoms with Crippen LogP contribution in [0.5, 0.6) is 0 Å². The largest absolute Gasteiger partial charge is 0.340 e.